The molecule has 5 heteroatoms. The van der Waals surface area contributed by atoms with E-state index in [-0.39, 0.29) is 6.42 Å². The molecule has 1 rings (SSSR count). The molecule has 21 heavy (non-hydrogen) atoms. The molecule has 116 valence electrons. The highest BCUT2D eigenvalue weighted by Crippen LogP contribution is 2.21. The highest BCUT2D eigenvalue weighted by atomic mass is 16.6. The van der Waals surface area contributed by atoms with Crippen molar-refractivity contribution in [2.75, 3.05) is 0 Å². The molecule has 0 aromatic heterocycles. The number of aliphatic carboxylic acids is 1. The van der Waals surface area contributed by atoms with Crippen molar-refractivity contribution in [2.24, 2.45) is 0 Å². The number of hydrogen-bond donors (Lipinski definition) is 2. The van der Waals surface area contributed by atoms with Gasteiger partial charge in [-0.1, -0.05) is 30.3 Å². The molecule has 1 aromatic carbocycles. The van der Waals surface area contributed by atoms with Crippen LogP contribution in [-0.4, -0.2) is 33.4 Å². The van der Waals surface area contributed by atoms with Gasteiger partial charge in [0, 0.05) is 0 Å². The van der Waals surface area contributed by atoms with Crippen molar-refractivity contribution >= 4 is 11.9 Å². The molecule has 0 spiro atoms. The molecule has 0 heterocycles. The van der Waals surface area contributed by atoms with Crippen molar-refractivity contribution in [3.63, 3.8) is 0 Å². The zero-order chi connectivity index (χ0) is 16.1. The quantitative estimate of drug-likeness (QED) is 0.620. The van der Waals surface area contributed by atoms with Gasteiger partial charge in [-0.25, -0.2) is 9.59 Å². The van der Waals surface area contributed by atoms with Crippen molar-refractivity contribution < 1.29 is 24.5 Å². The van der Waals surface area contributed by atoms with Crippen molar-refractivity contribution in [1.29, 1.82) is 0 Å². The van der Waals surface area contributed by atoms with Gasteiger partial charge in [-0.15, -0.1) is 0 Å². The lowest BCUT2D eigenvalue weighted by Crippen LogP contribution is -2.49. The summed E-state index contributed by atoms with van der Waals surface area (Å²) in [6.07, 6.45) is 0.761. The Bertz CT molecular complexity index is 489. The molecule has 0 aliphatic rings. The molecule has 5 nitrogen and oxygen atoms in total. The first-order valence-electron chi connectivity index (χ1n) is 6.88. The summed E-state index contributed by atoms with van der Waals surface area (Å²) < 4.78 is 5.00. The maximum atomic E-state index is 11.9. The summed E-state index contributed by atoms with van der Waals surface area (Å²) in [6, 6.07) is 9.47. The number of esters is 1. The summed E-state index contributed by atoms with van der Waals surface area (Å²) in [5.41, 5.74) is -2.32. The average molecular weight is 294 g/mol. The molecule has 1 aromatic rings. The van der Waals surface area contributed by atoms with E-state index in [1.165, 1.54) is 0 Å². The second kappa shape index (κ2) is 6.72. The van der Waals surface area contributed by atoms with Gasteiger partial charge in [-0.2, -0.15) is 0 Å². The van der Waals surface area contributed by atoms with Gasteiger partial charge in [0.05, 0.1) is 0 Å². The van der Waals surface area contributed by atoms with Crippen LogP contribution in [0.2, 0.25) is 0 Å². The number of benzene rings is 1. The number of carboxylic acids is 1. The van der Waals surface area contributed by atoms with E-state index >= 15 is 0 Å². The fourth-order valence-electron chi connectivity index (χ4n) is 1.85. The van der Waals surface area contributed by atoms with Crippen LogP contribution in [0.3, 0.4) is 0 Å². The smallest absolute Gasteiger partial charge is 0.350 e. The molecule has 0 saturated carbocycles. The van der Waals surface area contributed by atoms with E-state index < -0.39 is 23.1 Å². The summed E-state index contributed by atoms with van der Waals surface area (Å²) in [6.45, 7) is 4.87. The third kappa shape index (κ3) is 5.19. The van der Waals surface area contributed by atoms with Gasteiger partial charge in [-0.05, 0) is 45.6 Å². The predicted molar refractivity (Wildman–Crippen MR) is 77.8 cm³/mol. The number of aliphatic hydroxyl groups is 1. The van der Waals surface area contributed by atoms with Crippen LogP contribution in [-0.2, 0) is 20.7 Å². The minimum atomic E-state index is -2.50. The summed E-state index contributed by atoms with van der Waals surface area (Å²) in [7, 11) is 0. The predicted octanol–water partition coefficient (Wildman–Crippen LogP) is 2.17. The maximum absolute atomic E-state index is 11.9. The van der Waals surface area contributed by atoms with Gasteiger partial charge in [0.25, 0.3) is 5.60 Å². The summed E-state index contributed by atoms with van der Waals surface area (Å²) in [4.78, 5) is 23.2. The lowest BCUT2D eigenvalue weighted by atomic mass is 9.95. The van der Waals surface area contributed by atoms with Crippen molar-refractivity contribution in [3.05, 3.63) is 35.9 Å². The van der Waals surface area contributed by atoms with Crippen LogP contribution in [0.4, 0.5) is 0 Å². The Morgan fingerprint density at radius 3 is 2.19 bits per heavy atom. The third-order valence-electron chi connectivity index (χ3n) is 2.94. The Balaban J connectivity index is 2.68. The van der Waals surface area contributed by atoms with Gasteiger partial charge in [0.15, 0.2) is 0 Å². The number of carboxylic acid groups (broad SMARTS) is 1. The molecule has 0 aliphatic carbocycles. The number of ether oxygens (including phenoxy) is 1. The molecule has 1 unspecified atom stereocenters. The first kappa shape index (κ1) is 17.2. The van der Waals surface area contributed by atoms with Gasteiger partial charge >= 0.3 is 11.9 Å². The van der Waals surface area contributed by atoms with Crippen LogP contribution in [0.25, 0.3) is 0 Å². The molecular weight excluding hydrogens is 272 g/mol. The van der Waals surface area contributed by atoms with Crippen molar-refractivity contribution in [1.82, 2.24) is 0 Å². The van der Waals surface area contributed by atoms with E-state index in [0.717, 1.165) is 5.56 Å². The van der Waals surface area contributed by atoms with Crippen LogP contribution in [0.15, 0.2) is 30.3 Å². The molecule has 0 fully saturated rings. The maximum Gasteiger partial charge on any atom is 0.350 e. The molecule has 0 aliphatic heterocycles. The third-order valence-corrected chi connectivity index (χ3v) is 2.94. The van der Waals surface area contributed by atoms with E-state index in [9.17, 15) is 14.7 Å². The number of rotatable bonds is 6. The Labute approximate surface area is 124 Å². The zero-order valence-electron chi connectivity index (χ0n) is 12.6. The molecule has 0 saturated heterocycles. The monoisotopic (exact) mass is 294 g/mol. The van der Waals surface area contributed by atoms with Crippen LogP contribution >= 0.6 is 0 Å². The highest BCUT2D eigenvalue weighted by molar-refractivity contribution is 6.02. The Morgan fingerprint density at radius 2 is 1.71 bits per heavy atom. The Kier molecular flexibility index (Phi) is 5.49. The van der Waals surface area contributed by atoms with E-state index in [0.29, 0.717) is 12.8 Å². The lowest BCUT2D eigenvalue weighted by Gasteiger charge is -2.27. The first-order chi connectivity index (χ1) is 9.65. The highest BCUT2D eigenvalue weighted by Gasteiger charge is 2.46. The minimum absolute atomic E-state index is 0.188. The topological polar surface area (TPSA) is 83.8 Å². The second-order valence-corrected chi connectivity index (χ2v) is 6.01. The van der Waals surface area contributed by atoms with Gasteiger partial charge in [0.1, 0.15) is 5.60 Å². The second-order valence-electron chi connectivity index (χ2n) is 6.01. The van der Waals surface area contributed by atoms with Crippen molar-refractivity contribution in [2.45, 2.75) is 51.2 Å². The first-order valence-corrected chi connectivity index (χ1v) is 6.88. The van der Waals surface area contributed by atoms with E-state index in [1.807, 2.05) is 30.3 Å². The SMILES string of the molecule is CC(C)(C)OC(=O)C(O)(CCCc1ccccc1)C(=O)O. The summed E-state index contributed by atoms with van der Waals surface area (Å²) in [5.74, 6) is -2.69. The fraction of sp³-hybridized carbons (Fsp3) is 0.500. The van der Waals surface area contributed by atoms with E-state index in [4.69, 9.17) is 9.84 Å². The van der Waals surface area contributed by atoms with Gasteiger partial charge in [0.2, 0.25) is 0 Å². The number of carbonyl (C=O) groups is 2. The summed E-state index contributed by atoms with van der Waals surface area (Å²) >= 11 is 0. The molecule has 0 bridgehead atoms. The number of hydrogen-bond acceptors (Lipinski definition) is 4. The number of aryl methyl sites for hydroxylation is 1. The molecule has 0 amide bonds. The summed E-state index contributed by atoms with van der Waals surface area (Å²) in [5, 5.41) is 19.3. The minimum Gasteiger partial charge on any atom is -0.479 e. The van der Waals surface area contributed by atoms with Gasteiger partial charge in [-0.3, -0.25) is 0 Å². The fourth-order valence-corrected chi connectivity index (χ4v) is 1.85. The van der Waals surface area contributed by atoms with Crippen LogP contribution in [0.1, 0.15) is 39.2 Å². The largest absolute Gasteiger partial charge is 0.479 e. The standard InChI is InChI=1S/C16H22O5/c1-15(2,3)21-14(19)16(20,13(17)18)11-7-10-12-8-5-4-6-9-12/h4-6,8-9,20H,7,10-11H2,1-3H3,(H,17,18). The zero-order valence-corrected chi connectivity index (χ0v) is 12.6. The molecule has 1 atom stereocenters. The Hall–Kier alpha value is -1.88. The molecule has 2 N–H and O–H groups in total. The van der Waals surface area contributed by atoms with Crippen LogP contribution < -0.4 is 0 Å². The van der Waals surface area contributed by atoms with Crippen LogP contribution in [0.5, 0.6) is 0 Å². The van der Waals surface area contributed by atoms with Crippen molar-refractivity contribution in [3.8, 4) is 0 Å². The molecular formula is C16H22O5. The van der Waals surface area contributed by atoms with E-state index in [2.05, 4.69) is 0 Å². The van der Waals surface area contributed by atoms with Crippen LogP contribution in [0, 0.1) is 0 Å². The average Bonchev–Trinajstić information content (AvgIpc) is 2.37. The van der Waals surface area contributed by atoms with E-state index in [1.54, 1.807) is 20.8 Å². The normalized spacial score (nSPS) is 14.3. The van der Waals surface area contributed by atoms with Gasteiger partial charge < -0.3 is 14.9 Å². The Morgan fingerprint density at radius 1 is 1.14 bits per heavy atom. The molecule has 0 radical (unpaired) electrons. The lowest BCUT2D eigenvalue weighted by molar-refractivity contribution is -0.188. The number of carbonyl (C=O) groups excluding carboxylic acids is 1.